The van der Waals surface area contributed by atoms with Crippen LogP contribution in [0.1, 0.15) is 28.8 Å². The number of benzene rings is 1. The van der Waals surface area contributed by atoms with Crippen LogP contribution in [0.5, 0.6) is 11.6 Å². The summed E-state index contributed by atoms with van der Waals surface area (Å²) in [5.41, 5.74) is -1.47. The third-order valence-electron chi connectivity index (χ3n) is 3.91. The van der Waals surface area contributed by atoms with Crippen LogP contribution >= 0.6 is 0 Å². The molecule has 0 saturated heterocycles. The van der Waals surface area contributed by atoms with Crippen molar-refractivity contribution in [1.82, 2.24) is 4.98 Å². The molecule has 0 atom stereocenters. The number of rotatable bonds is 4. The van der Waals surface area contributed by atoms with Crippen molar-refractivity contribution in [1.29, 1.82) is 0 Å². The lowest BCUT2D eigenvalue weighted by Gasteiger charge is -2.19. The molecule has 1 saturated carbocycles. The maximum atomic E-state index is 13.0. The van der Waals surface area contributed by atoms with Crippen molar-refractivity contribution in [3.05, 3.63) is 53.7 Å². The molecule has 2 aromatic rings. The highest BCUT2D eigenvalue weighted by atomic mass is 19.4. The van der Waals surface area contributed by atoms with Crippen LogP contribution in [0.25, 0.3) is 0 Å². The first-order valence-electron chi connectivity index (χ1n) is 6.86. The van der Waals surface area contributed by atoms with E-state index in [9.17, 15) is 18.0 Å². The molecule has 1 aliphatic rings. The maximum Gasteiger partial charge on any atom is 0.398 e. The maximum absolute atomic E-state index is 13.0. The molecule has 0 amide bonds. The first-order chi connectivity index (χ1) is 10.8. The molecule has 1 heterocycles. The number of aromatic nitrogens is 1. The first-order valence-corrected chi connectivity index (χ1v) is 6.86. The van der Waals surface area contributed by atoms with Crippen LogP contribution in [0.4, 0.5) is 13.2 Å². The molecule has 1 N–H and O–H groups in total. The first kappa shape index (κ1) is 15.3. The molecule has 0 radical (unpaired) electrons. The number of aromatic carboxylic acids is 1. The summed E-state index contributed by atoms with van der Waals surface area (Å²) in [5, 5.41) is 8.77. The summed E-state index contributed by atoms with van der Waals surface area (Å²) in [4.78, 5) is 14.6. The summed E-state index contributed by atoms with van der Waals surface area (Å²) < 4.78 is 44.5. The van der Waals surface area contributed by atoms with Crippen LogP contribution in [0.2, 0.25) is 0 Å². The van der Waals surface area contributed by atoms with Gasteiger partial charge in [0.05, 0.1) is 11.0 Å². The number of hydrogen-bond donors (Lipinski definition) is 1. The second-order valence-corrected chi connectivity index (χ2v) is 5.40. The van der Waals surface area contributed by atoms with Crippen LogP contribution in [0.15, 0.2) is 42.6 Å². The molecule has 23 heavy (non-hydrogen) atoms. The van der Waals surface area contributed by atoms with E-state index in [4.69, 9.17) is 9.84 Å². The predicted molar refractivity (Wildman–Crippen MR) is 74.7 cm³/mol. The highest BCUT2D eigenvalue weighted by molar-refractivity contribution is 5.87. The molecular weight excluding hydrogens is 311 g/mol. The fourth-order valence-corrected chi connectivity index (χ4v) is 2.39. The Kier molecular flexibility index (Phi) is 3.50. The lowest BCUT2D eigenvalue weighted by Crippen LogP contribution is -2.28. The van der Waals surface area contributed by atoms with E-state index in [-0.39, 0.29) is 29.8 Å². The highest BCUT2D eigenvalue weighted by Crippen LogP contribution is 2.58. The van der Waals surface area contributed by atoms with Crippen molar-refractivity contribution in [3.63, 3.8) is 0 Å². The molecule has 0 aliphatic heterocycles. The Labute approximate surface area is 129 Å². The molecule has 1 aromatic heterocycles. The fraction of sp³-hybridized carbons (Fsp3) is 0.250. The topological polar surface area (TPSA) is 59.4 Å². The van der Waals surface area contributed by atoms with Crippen molar-refractivity contribution >= 4 is 5.97 Å². The van der Waals surface area contributed by atoms with Gasteiger partial charge in [-0.1, -0.05) is 12.1 Å². The van der Waals surface area contributed by atoms with Gasteiger partial charge in [0.1, 0.15) is 5.75 Å². The Balaban J connectivity index is 1.74. The van der Waals surface area contributed by atoms with E-state index in [1.165, 1.54) is 36.4 Å². The number of carboxylic acids is 1. The predicted octanol–water partition coefficient (Wildman–Crippen LogP) is 4.17. The van der Waals surface area contributed by atoms with Crippen molar-refractivity contribution in [3.8, 4) is 11.6 Å². The quantitative estimate of drug-likeness (QED) is 0.917. The van der Waals surface area contributed by atoms with Crippen molar-refractivity contribution in [2.24, 2.45) is 0 Å². The number of alkyl halides is 3. The third-order valence-corrected chi connectivity index (χ3v) is 3.91. The van der Waals surface area contributed by atoms with Crippen LogP contribution < -0.4 is 4.74 Å². The Morgan fingerprint density at radius 1 is 1.13 bits per heavy atom. The molecule has 7 heteroatoms. The fourth-order valence-electron chi connectivity index (χ4n) is 2.39. The van der Waals surface area contributed by atoms with Crippen LogP contribution in [0, 0.1) is 0 Å². The highest BCUT2D eigenvalue weighted by Gasteiger charge is 2.64. The van der Waals surface area contributed by atoms with Gasteiger partial charge >= 0.3 is 12.1 Å². The third kappa shape index (κ3) is 2.86. The molecule has 0 unspecified atom stereocenters. The van der Waals surface area contributed by atoms with Crippen LogP contribution in [0.3, 0.4) is 0 Å². The van der Waals surface area contributed by atoms with E-state index < -0.39 is 17.6 Å². The molecule has 120 valence electrons. The average Bonchev–Trinajstić information content (AvgIpc) is 3.30. The van der Waals surface area contributed by atoms with Crippen molar-refractivity contribution in [2.75, 3.05) is 0 Å². The zero-order valence-corrected chi connectivity index (χ0v) is 11.8. The number of hydrogen-bond acceptors (Lipinski definition) is 3. The molecule has 1 aromatic carbocycles. The van der Waals surface area contributed by atoms with Gasteiger partial charge in [-0.15, -0.1) is 0 Å². The number of carboxylic acid groups (broad SMARTS) is 1. The molecular formula is C16H12F3NO3. The van der Waals surface area contributed by atoms with E-state index in [0.29, 0.717) is 5.75 Å². The Morgan fingerprint density at radius 2 is 1.78 bits per heavy atom. The average molecular weight is 323 g/mol. The zero-order chi connectivity index (χ0) is 16.7. The standard InChI is InChI=1S/C16H12F3NO3/c17-16(18,19)15(7-8-15)11-2-4-12(5-3-11)23-13-6-1-10(9-20-13)14(21)22/h1-6,9H,7-8H2,(H,21,22). The normalized spacial score (nSPS) is 16.0. The number of carbonyl (C=O) groups is 1. The molecule has 1 fully saturated rings. The van der Waals surface area contributed by atoms with E-state index in [2.05, 4.69) is 4.98 Å². The van der Waals surface area contributed by atoms with Gasteiger partial charge in [-0.3, -0.25) is 0 Å². The van der Waals surface area contributed by atoms with Gasteiger partial charge in [-0.05, 0) is 36.6 Å². The summed E-state index contributed by atoms with van der Waals surface area (Å²) in [5.74, 6) is -0.600. The summed E-state index contributed by atoms with van der Waals surface area (Å²) >= 11 is 0. The number of halogens is 3. The number of ether oxygens (including phenoxy) is 1. The minimum absolute atomic E-state index is 0.0218. The minimum Gasteiger partial charge on any atom is -0.478 e. The largest absolute Gasteiger partial charge is 0.478 e. The van der Waals surface area contributed by atoms with E-state index in [1.54, 1.807) is 0 Å². The molecule has 4 nitrogen and oxygen atoms in total. The van der Waals surface area contributed by atoms with Gasteiger partial charge in [0.25, 0.3) is 0 Å². The second kappa shape index (κ2) is 5.26. The SMILES string of the molecule is O=C(O)c1ccc(Oc2ccc(C3(C(F)(F)F)CC3)cc2)nc1. The van der Waals surface area contributed by atoms with Gasteiger partial charge in [-0.25, -0.2) is 9.78 Å². The summed E-state index contributed by atoms with van der Waals surface area (Å²) in [6.45, 7) is 0. The second-order valence-electron chi connectivity index (χ2n) is 5.40. The lowest BCUT2D eigenvalue weighted by atomic mass is 9.95. The van der Waals surface area contributed by atoms with Crippen LogP contribution in [-0.4, -0.2) is 22.2 Å². The smallest absolute Gasteiger partial charge is 0.398 e. The number of pyridine rings is 1. The Bertz CT molecular complexity index is 720. The van der Waals surface area contributed by atoms with E-state index >= 15 is 0 Å². The Hall–Kier alpha value is -2.57. The molecule has 3 rings (SSSR count). The van der Waals surface area contributed by atoms with Crippen LogP contribution in [-0.2, 0) is 5.41 Å². The zero-order valence-electron chi connectivity index (χ0n) is 11.8. The van der Waals surface area contributed by atoms with Gasteiger partial charge in [0.15, 0.2) is 0 Å². The van der Waals surface area contributed by atoms with Gasteiger partial charge in [0.2, 0.25) is 5.88 Å². The van der Waals surface area contributed by atoms with Gasteiger partial charge in [-0.2, -0.15) is 13.2 Å². The monoisotopic (exact) mass is 323 g/mol. The van der Waals surface area contributed by atoms with Crippen molar-refractivity contribution < 1.29 is 27.8 Å². The van der Waals surface area contributed by atoms with E-state index in [1.807, 2.05) is 0 Å². The Morgan fingerprint density at radius 3 is 2.22 bits per heavy atom. The van der Waals surface area contributed by atoms with E-state index in [0.717, 1.165) is 6.20 Å². The summed E-state index contributed by atoms with van der Waals surface area (Å²) in [7, 11) is 0. The van der Waals surface area contributed by atoms with Gasteiger partial charge < -0.3 is 9.84 Å². The molecule has 0 spiro atoms. The minimum atomic E-state index is -4.25. The number of nitrogens with zero attached hydrogens (tertiary/aromatic N) is 1. The van der Waals surface area contributed by atoms with Crippen molar-refractivity contribution in [2.45, 2.75) is 24.4 Å². The van der Waals surface area contributed by atoms with Gasteiger partial charge in [0, 0.05) is 12.3 Å². The molecule has 0 bridgehead atoms. The lowest BCUT2D eigenvalue weighted by molar-refractivity contribution is -0.160. The molecule has 1 aliphatic carbocycles. The summed E-state index contributed by atoms with van der Waals surface area (Å²) in [6, 6.07) is 8.43. The summed E-state index contributed by atoms with van der Waals surface area (Å²) in [6.07, 6.45) is -2.89.